The van der Waals surface area contributed by atoms with E-state index in [1.165, 1.54) is 6.92 Å². The zero-order chi connectivity index (χ0) is 16.5. The van der Waals surface area contributed by atoms with E-state index in [9.17, 15) is 4.79 Å². The van der Waals surface area contributed by atoms with E-state index in [4.69, 9.17) is 4.42 Å². The van der Waals surface area contributed by atoms with E-state index < -0.39 is 0 Å². The third-order valence-electron chi connectivity index (χ3n) is 3.57. The van der Waals surface area contributed by atoms with Gasteiger partial charge in [-0.15, -0.1) is 11.3 Å². The topological polar surface area (TPSA) is 72.4 Å². The number of rotatable bonds is 4. The molecule has 0 spiro atoms. The number of amides is 1. The molecule has 0 aliphatic carbocycles. The minimum Gasteiger partial charge on any atom is -0.458 e. The van der Waals surface area contributed by atoms with Gasteiger partial charge in [0, 0.05) is 18.5 Å². The second-order valence-electron chi connectivity index (χ2n) is 5.29. The lowest BCUT2D eigenvalue weighted by Gasteiger charge is -1.97. The Hall–Kier alpha value is -2.93. The molecule has 120 valence electrons. The summed E-state index contributed by atoms with van der Waals surface area (Å²) in [5.74, 6) is 1.30. The fraction of sp³-hybridized carbons (Fsp3) is 0.118. The lowest BCUT2D eigenvalue weighted by Crippen LogP contribution is -2.18. The van der Waals surface area contributed by atoms with E-state index in [0.29, 0.717) is 18.1 Å². The van der Waals surface area contributed by atoms with Gasteiger partial charge in [-0.1, -0.05) is 6.07 Å². The lowest BCUT2D eigenvalue weighted by atomic mass is 10.3. The van der Waals surface area contributed by atoms with Crippen molar-refractivity contribution in [2.45, 2.75) is 13.5 Å². The van der Waals surface area contributed by atoms with Gasteiger partial charge in [-0.3, -0.25) is 9.20 Å². The first-order chi connectivity index (χ1) is 11.7. The lowest BCUT2D eigenvalue weighted by molar-refractivity contribution is -0.119. The van der Waals surface area contributed by atoms with Crippen molar-refractivity contribution in [1.29, 1.82) is 0 Å². The molecule has 0 aromatic carbocycles. The molecule has 7 heteroatoms. The van der Waals surface area contributed by atoms with E-state index >= 15 is 0 Å². The molecule has 0 saturated heterocycles. The number of nitrogens with one attached hydrogen (secondary N) is 1. The standard InChI is InChI=1S/C17H14N4O2S/c1-11(22)18-8-12-5-6-15(23-12)13-10-24-17(20-13)14-9-19-16-4-2-3-7-21(14)16/h2-7,9-10H,8H2,1H3,(H,18,22). The number of furan rings is 1. The zero-order valence-corrected chi connectivity index (χ0v) is 13.7. The summed E-state index contributed by atoms with van der Waals surface area (Å²) in [4.78, 5) is 20.0. The number of aromatic nitrogens is 3. The summed E-state index contributed by atoms with van der Waals surface area (Å²) in [7, 11) is 0. The Morgan fingerprint density at radius 2 is 2.25 bits per heavy atom. The smallest absolute Gasteiger partial charge is 0.217 e. The van der Waals surface area contributed by atoms with E-state index in [2.05, 4.69) is 15.3 Å². The summed E-state index contributed by atoms with van der Waals surface area (Å²) in [6.07, 6.45) is 3.79. The number of carbonyl (C=O) groups is 1. The van der Waals surface area contributed by atoms with Crippen molar-refractivity contribution in [1.82, 2.24) is 19.7 Å². The van der Waals surface area contributed by atoms with E-state index in [-0.39, 0.29) is 5.91 Å². The van der Waals surface area contributed by atoms with Crippen LogP contribution in [0.1, 0.15) is 12.7 Å². The molecule has 4 rings (SSSR count). The summed E-state index contributed by atoms with van der Waals surface area (Å²) in [6.45, 7) is 1.85. The highest BCUT2D eigenvalue weighted by atomic mass is 32.1. The van der Waals surface area contributed by atoms with Gasteiger partial charge in [-0.25, -0.2) is 9.97 Å². The molecule has 4 aromatic heterocycles. The van der Waals surface area contributed by atoms with E-state index in [0.717, 1.165) is 22.0 Å². The highest BCUT2D eigenvalue weighted by molar-refractivity contribution is 7.13. The van der Waals surface area contributed by atoms with Gasteiger partial charge < -0.3 is 9.73 Å². The molecule has 4 aromatic rings. The number of nitrogens with zero attached hydrogens (tertiary/aromatic N) is 3. The van der Waals surface area contributed by atoms with Crippen molar-refractivity contribution in [2.24, 2.45) is 0 Å². The fourth-order valence-electron chi connectivity index (χ4n) is 2.42. The van der Waals surface area contributed by atoms with Crippen LogP contribution in [0.4, 0.5) is 0 Å². The molecule has 4 heterocycles. The molecule has 0 saturated carbocycles. The van der Waals surface area contributed by atoms with Crippen LogP contribution in [0.5, 0.6) is 0 Å². The van der Waals surface area contributed by atoms with Crippen LogP contribution < -0.4 is 5.32 Å². The largest absolute Gasteiger partial charge is 0.458 e. The van der Waals surface area contributed by atoms with Gasteiger partial charge in [0.2, 0.25) is 5.91 Å². The molecule has 0 unspecified atom stereocenters. The third-order valence-corrected chi connectivity index (χ3v) is 4.43. The predicted octanol–water partition coefficient (Wildman–Crippen LogP) is 3.35. The van der Waals surface area contributed by atoms with Crippen LogP contribution in [-0.4, -0.2) is 20.3 Å². The fourth-order valence-corrected chi connectivity index (χ4v) is 3.23. The van der Waals surface area contributed by atoms with Gasteiger partial charge >= 0.3 is 0 Å². The average molecular weight is 338 g/mol. The average Bonchev–Trinajstić information content (AvgIpc) is 3.30. The van der Waals surface area contributed by atoms with Crippen molar-refractivity contribution in [3.8, 4) is 22.2 Å². The first-order valence-electron chi connectivity index (χ1n) is 7.42. The molecule has 0 aliphatic heterocycles. The third kappa shape index (κ3) is 2.69. The van der Waals surface area contributed by atoms with Gasteiger partial charge in [0.15, 0.2) is 5.76 Å². The van der Waals surface area contributed by atoms with Crippen molar-refractivity contribution in [3.63, 3.8) is 0 Å². The molecule has 24 heavy (non-hydrogen) atoms. The summed E-state index contributed by atoms with van der Waals surface area (Å²) >= 11 is 1.54. The molecule has 0 aliphatic rings. The Bertz CT molecular complexity index is 1010. The van der Waals surface area contributed by atoms with Gasteiger partial charge in [0.25, 0.3) is 0 Å². The van der Waals surface area contributed by atoms with Gasteiger partial charge in [0.05, 0.1) is 12.7 Å². The first-order valence-corrected chi connectivity index (χ1v) is 8.30. The number of carbonyl (C=O) groups excluding carboxylic acids is 1. The Kier molecular flexibility index (Phi) is 3.62. The SMILES string of the molecule is CC(=O)NCc1ccc(-c2csc(-c3cnc4ccccn34)n2)o1. The minimum atomic E-state index is -0.0866. The van der Waals surface area contributed by atoms with Crippen LogP contribution in [0.3, 0.4) is 0 Å². The highest BCUT2D eigenvalue weighted by Gasteiger charge is 2.13. The first kappa shape index (κ1) is 14.6. The van der Waals surface area contributed by atoms with Crippen LogP contribution in [0.2, 0.25) is 0 Å². The molecular formula is C17H14N4O2S. The quantitative estimate of drug-likeness (QED) is 0.619. The van der Waals surface area contributed by atoms with E-state index in [1.54, 1.807) is 11.3 Å². The second kappa shape index (κ2) is 5.93. The summed E-state index contributed by atoms with van der Waals surface area (Å²) in [5, 5.41) is 5.55. The molecule has 1 N–H and O–H groups in total. The van der Waals surface area contributed by atoms with Gasteiger partial charge in [-0.2, -0.15) is 0 Å². The Balaban J connectivity index is 1.62. The van der Waals surface area contributed by atoms with Crippen molar-refractivity contribution in [3.05, 3.63) is 53.9 Å². The van der Waals surface area contributed by atoms with Crippen LogP contribution in [0.25, 0.3) is 27.8 Å². The maximum atomic E-state index is 11.0. The van der Waals surface area contributed by atoms with E-state index in [1.807, 2.05) is 52.5 Å². The van der Waals surface area contributed by atoms with Crippen LogP contribution in [0, 0.1) is 0 Å². The monoisotopic (exact) mass is 338 g/mol. The summed E-state index contributed by atoms with van der Waals surface area (Å²) < 4.78 is 7.75. The number of hydrogen-bond acceptors (Lipinski definition) is 5. The Labute approximate surface area is 141 Å². The predicted molar refractivity (Wildman–Crippen MR) is 91.5 cm³/mol. The minimum absolute atomic E-state index is 0.0866. The summed E-state index contributed by atoms with van der Waals surface area (Å²) in [6, 6.07) is 9.59. The van der Waals surface area contributed by atoms with Crippen LogP contribution in [-0.2, 0) is 11.3 Å². The second-order valence-corrected chi connectivity index (χ2v) is 6.14. The number of pyridine rings is 1. The molecule has 0 fully saturated rings. The number of thiazole rings is 1. The molecular weight excluding hydrogens is 324 g/mol. The molecule has 0 atom stereocenters. The number of fused-ring (bicyclic) bond motifs is 1. The maximum Gasteiger partial charge on any atom is 0.217 e. The Morgan fingerprint density at radius 1 is 1.33 bits per heavy atom. The zero-order valence-electron chi connectivity index (χ0n) is 12.9. The molecule has 1 amide bonds. The van der Waals surface area contributed by atoms with Gasteiger partial charge in [-0.05, 0) is 24.3 Å². The van der Waals surface area contributed by atoms with Crippen molar-refractivity contribution < 1.29 is 9.21 Å². The molecule has 0 radical (unpaired) electrons. The number of imidazole rings is 1. The highest BCUT2D eigenvalue weighted by Crippen LogP contribution is 2.30. The maximum absolute atomic E-state index is 11.0. The van der Waals surface area contributed by atoms with Crippen LogP contribution in [0.15, 0.2) is 52.5 Å². The normalized spacial score (nSPS) is 11.0. The van der Waals surface area contributed by atoms with Gasteiger partial charge in [0.1, 0.15) is 27.8 Å². The Morgan fingerprint density at radius 3 is 3.12 bits per heavy atom. The van der Waals surface area contributed by atoms with Crippen LogP contribution >= 0.6 is 11.3 Å². The summed E-state index contributed by atoms with van der Waals surface area (Å²) in [5.41, 5.74) is 2.61. The number of hydrogen-bond donors (Lipinski definition) is 1. The molecule has 0 bridgehead atoms. The molecule has 6 nitrogen and oxygen atoms in total. The van der Waals surface area contributed by atoms with Crippen molar-refractivity contribution in [2.75, 3.05) is 0 Å². The van der Waals surface area contributed by atoms with Crippen molar-refractivity contribution >= 4 is 22.9 Å².